The number of rotatable bonds is 3. The lowest BCUT2D eigenvalue weighted by molar-refractivity contribution is 0.414. The van der Waals surface area contributed by atoms with Gasteiger partial charge in [0.2, 0.25) is 0 Å². The highest BCUT2D eigenvalue weighted by molar-refractivity contribution is 7.17. The van der Waals surface area contributed by atoms with Gasteiger partial charge in [-0.2, -0.15) is 0 Å². The monoisotopic (exact) mass is 366 g/mol. The van der Waals surface area contributed by atoms with Gasteiger partial charge in [0.15, 0.2) is 0 Å². The molecule has 0 radical (unpaired) electrons. The Labute approximate surface area is 151 Å². The summed E-state index contributed by atoms with van der Waals surface area (Å²) in [6.45, 7) is 0. The zero-order valence-corrected chi connectivity index (χ0v) is 14.5. The van der Waals surface area contributed by atoms with Crippen LogP contribution in [0.2, 0.25) is 0 Å². The Hall–Kier alpha value is -3.32. The first kappa shape index (κ1) is 16.2. The number of aromatic hydroxyl groups is 1. The minimum absolute atomic E-state index is 0.111. The Morgan fingerprint density at radius 3 is 2.69 bits per heavy atom. The number of phenolic OH excluding ortho intramolecular Hbond substituents is 1. The van der Waals surface area contributed by atoms with Crippen LogP contribution in [0.3, 0.4) is 0 Å². The fourth-order valence-electron chi connectivity index (χ4n) is 2.89. The SMILES string of the molecule is COc1cccc(-n2c(=O)[nH]c3scc(-c4cccc(O)c4)c3c2=O)c1. The molecule has 0 saturated carbocycles. The first-order valence-electron chi connectivity index (χ1n) is 7.79. The van der Waals surface area contributed by atoms with Gasteiger partial charge in [-0.15, -0.1) is 11.3 Å². The number of nitrogens with zero attached hydrogens (tertiary/aromatic N) is 1. The molecule has 0 unspecified atom stereocenters. The van der Waals surface area contributed by atoms with Gasteiger partial charge in [0, 0.05) is 17.0 Å². The van der Waals surface area contributed by atoms with Crippen LogP contribution in [0.4, 0.5) is 0 Å². The smallest absolute Gasteiger partial charge is 0.334 e. The molecule has 0 aliphatic rings. The van der Waals surface area contributed by atoms with Gasteiger partial charge in [0.1, 0.15) is 16.3 Å². The predicted octanol–water partition coefficient (Wildman–Crippen LogP) is 3.12. The average molecular weight is 366 g/mol. The summed E-state index contributed by atoms with van der Waals surface area (Å²) in [5.74, 6) is 0.659. The average Bonchev–Trinajstić information content (AvgIpc) is 3.06. The molecule has 2 aromatic heterocycles. The van der Waals surface area contributed by atoms with Crippen molar-refractivity contribution in [1.29, 1.82) is 0 Å². The highest BCUT2D eigenvalue weighted by atomic mass is 32.1. The van der Waals surface area contributed by atoms with E-state index in [-0.39, 0.29) is 5.75 Å². The van der Waals surface area contributed by atoms with Crippen LogP contribution in [0.15, 0.2) is 63.5 Å². The van der Waals surface area contributed by atoms with E-state index in [4.69, 9.17) is 4.74 Å². The maximum atomic E-state index is 13.1. The summed E-state index contributed by atoms with van der Waals surface area (Å²) in [7, 11) is 1.52. The highest BCUT2D eigenvalue weighted by Crippen LogP contribution is 2.32. The van der Waals surface area contributed by atoms with Crippen LogP contribution >= 0.6 is 11.3 Å². The molecule has 0 fully saturated rings. The van der Waals surface area contributed by atoms with E-state index in [1.807, 2.05) is 6.07 Å². The third-order valence-corrected chi connectivity index (χ3v) is 5.00. The molecule has 0 amide bonds. The Morgan fingerprint density at radius 1 is 1.12 bits per heavy atom. The lowest BCUT2D eigenvalue weighted by atomic mass is 10.1. The minimum Gasteiger partial charge on any atom is -0.508 e. The lowest BCUT2D eigenvalue weighted by Gasteiger charge is -2.07. The summed E-state index contributed by atoms with van der Waals surface area (Å²) >= 11 is 1.28. The second kappa shape index (κ2) is 6.20. The molecule has 0 atom stereocenters. The van der Waals surface area contributed by atoms with Crippen molar-refractivity contribution in [2.45, 2.75) is 0 Å². The molecular weight excluding hydrogens is 352 g/mol. The molecule has 2 aromatic carbocycles. The number of hydrogen-bond acceptors (Lipinski definition) is 5. The van der Waals surface area contributed by atoms with Crippen molar-refractivity contribution in [3.05, 3.63) is 74.7 Å². The van der Waals surface area contributed by atoms with Gasteiger partial charge in [-0.25, -0.2) is 9.36 Å². The molecule has 26 heavy (non-hydrogen) atoms. The van der Waals surface area contributed by atoms with Crippen molar-refractivity contribution in [3.8, 4) is 28.3 Å². The van der Waals surface area contributed by atoms with E-state index in [0.717, 1.165) is 4.57 Å². The lowest BCUT2D eigenvalue weighted by Crippen LogP contribution is -2.33. The maximum absolute atomic E-state index is 13.1. The second-order valence-corrected chi connectivity index (χ2v) is 6.56. The van der Waals surface area contributed by atoms with Crippen LogP contribution in [-0.4, -0.2) is 21.8 Å². The molecule has 0 spiro atoms. The van der Waals surface area contributed by atoms with Gasteiger partial charge >= 0.3 is 5.69 Å². The van der Waals surface area contributed by atoms with Crippen molar-refractivity contribution in [1.82, 2.24) is 9.55 Å². The van der Waals surface area contributed by atoms with Crippen LogP contribution in [0.5, 0.6) is 11.5 Å². The number of hydrogen-bond donors (Lipinski definition) is 2. The number of phenols is 1. The molecule has 7 heteroatoms. The topological polar surface area (TPSA) is 84.3 Å². The third kappa shape index (κ3) is 2.58. The fourth-order valence-corrected chi connectivity index (χ4v) is 3.84. The number of methoxy groups -OCH3 is 1. The van der Waals surface area contributed by atoms with Gasteiger partial charge in [-0.1, -0.05) is 18.2 Å². The molecule has 4 aromatic rings. The molecule has 0 aliphatic carbocycles. The van der Waals surface area contributed by atoms with Crippen LogP contribution in [-0.2, 0) is 0 Å². The summed E-state index contributed by atoms with van der Waals surface area (Å²) in [6.07, 6.45) is 0. The van der Waals surface area contributed by atoms with Crippen molar-refractivity contribution in [3.63, 3.8) is 0 Å². The fraction of sp³-hybridized carbons (Fsp3) is 0.0526. The molecule has 2 N–H and O–H groups in total. The van der Waals surface area contributed by atoms with Crippen molar-refractivity contribution >= 4 is 21.6 Å². The van der Waals surface area contributed by atoms with Crippen LogP contribution in [0, 0.1) is 0 Å². The van der Waals surface area contributed by atoms with E-state index in [1.54, 1.807) is 47.8 Å². The van der Waals surface area contributed by atoms with E-state index in [0.29, 0.717) is 32.8 Å². The first-order valence-corrected chi connectivity index (χ1v) is 8.67. The van der Waals surface area contributed by atoms with Gasteiger partial charge in [0.25, 0.3) is 5.56 Å². The van der Waals surface area contributed by atoms with Crippen molar-refractivity contribution < 1.29 is 9.84 Å². The standard InChI is InChI=1S/C19H14N2O4S/c1-25-14-7-3-5-12(9-14)21-18(23)16-15(10-26-17(16)20-19(21)24)11-4-2-6-13(22)8-11/h2-10,22H,1H3,(H,20,24). The summed E-state index contributed by atoms with van der Waals surface area (Å²) in [5, 5.41) is 11.9. The number of thiophene rings is 1. The Bertz CT molecular complexity index is 1240. The molecule has 6 nitrogen and oxygen atoms in total. The van der Waals surface area contributed by atoms with Gasteiger partial charge in [-0.3, -0.25) is 9.78 Å². The number of fused-ring (bicyclic) bond motifs is 1. The van der Waals surface area contributed by atoms with E-state index in [9.17, 15) is 14.7 Å². The molecule has 2 heterocycles. The highest BCUT2D eigenvalue weighted by Gasteiger charge is 2.16. The van der Waals surface area contributed by atoms with E-state index in [1.165, 1.54) is 18.4 Å². The van der Waals surface area contributed by atoms with E-state index in [2.05, 4.69) is 4.98 Å². The number of nitrogens with one attached hydrogen (secondary N) is 1. The maximum Gasteiger partial charge on any atom is 0.334 e. The normalized spacial score (nSPS) is 11.0. The summed E-state index contributed by atoms with van der Waals surface area (Å²) in [6, 6.07) is 13.4. The largest absolute Gasteiger partial charge is 0.508 e. The summed E-state index contributed by atoms with van der Waals surface area (Å²) in [4.78, 5) is 28.9. The predicted molar refractivity (Wildman–Crippen MR) is 102 cm³/mol. The number of benzene rings is 2. The van der Waals surface area contributed by atoms with Gasteiger partial charge in [-0.05, 0) is 29.8 Å². The van der Waals surface area contributed by atoms with Gasteiger partial charge in [0.05, 0.1) is 18.2 Å². The summed E-state index contributed by atoms with van der Waals surface area (Å²) in [5.41, 5.74) is 0.860. The van der Waals surface area contributed by atoms with E-state index < -0.39 is 11.2 Å². The Morgan fingerprint density at radius 2 is 1.92 bits per heavy atom. The first-order chi connectivity index (χ1) is 12.6. The number of H-pyrrole nitrogens is 1. The van der Waals surface area contributed by atoms with Crippen LogP contribution in [0.1, 0.15) is 0 Å². The van der Waals surface area contributed by atoms with Crippen molar-refractivity contribution in [2.75, 3.05) is 7.11 Å². The van der Waals surface area contributed by atoms with Crippen molar-refractivity contribution in [2.24, 2.45) is 0 Å². The quantitative estimate of drug-likeness (QED) is 0.583. The van der Waals surface area contributed by atoms with Gasteiger partial charge < -0.3 is 9.84 Å². The van der Waals surface area contributed by atoms with Crippen LogP contribution < -0.4 is 16.0 Å². The molecular formula is C19H14N2O4S. The Balaban J connectivity index is 2.03. The molecule has 0 saturated heterocycles. The number of aromatic amines is 1. The third-order valence-electron chi connectivity index (χ3n) is 4.10. The van der Waals surface area contributed by atoms with E-state index >= 15 is 0 Å². The number of ether oxygens (including phenoxy) is 1. The molecule has 0 aliphatic heterocycles. The zero-order valence-electron chi connectivity index (χ0n) is 13.7. The molecule has 4 rings (SSSR count). The number of aromatic nitrogens is 2. The zero-order chi connectivity index (χ0) is 18.3. The summed E-state index contributed by atoms with van der Waals surface area (Å²) < 4.78 is 6.27. The second-order valence-electron chi connectivity index (χ2n) is 5.68. The van der Waals surface area contributed by atoms with Crippen LogP contribution in [0.25, 0.3) is 27.0 Å². The minimum atomic E-state index is -0.514. The molecule has 130 valence electrons. The molecule has 0 bridgehead atoms. The Kier molecular flexibility index (Phi) is 3.85.